The fourth-order valence-electron chi connectivity index (χ4n) is 3.44. The maximum absolute atomic E-state index is 12.8. The number of morpholine rings is 1. The molecule has 0 saturated carbocycles. The van der Waals surface area contributed by atoms with E-state index in [1.807, 2.05) is 31.2 Å². The van der Waals surface area contributed by atoms with Gasteiger partial charge in [0.15, 0.2) is 9.84 Å². The van der Waals surface area contributed by atoms with Crippen molar-refractivity contribution >= 4 is 15.7 Å². The summed E-state index contributed by atoms with van der Waals surface area (Å²) in [4.78, 5) is 15.4. The zero-order chi connectivity index (χ0) is 20.9. The summed E-state index contributed by atoms with van der Waals surface area (Å²) in [5.41, 5.74) is 2.62. The Labute approximate surface area is 172 Å². The summed E-state index contributed by atoms with van der Waals surface area (Å²) in [5, 5.41) is 3.07. The van der Waals surface area contributed by atoms with Crippen LogP contribution in [0.2, 0.25) is 0 Å². The summed E-state index contributed by atoms with van der Waals surface area (Å²) in [6.45, 7) is 6.08. The quantitative estimate of drug-likeness (QED) is 0.751. The standard InChI is InChI=1S/C22H28N2O4S/c1-3-21(18-7-9-20(10-8-18)29(2,26)27)23-22(25)19-6-4-5-17(15-19)16-24-11-13-28-14-12-24/h4-10,15,21H,3,11-14,16H2,1-2H3,(H,23,25)/t21-/m0/s1. The highest BCUT2D eigenvalue weighted by atomic mass is 32.2. The van der Waals surface area contributed by atoms with Crippen LogP contribution in [0, 0.1) is 0 Å². The third-order valence-electron chi connectivity index (χ3n) is 5.12. The predicted octanol–water partition coefficient (Wildman–Crippen LogP) is 2.80. The molecule has 0 radical (unpaired) electrons. The van der Waals surface area contributed by atoms with Crippen molar-refractivity contribution in [3.63, 3.8) is 0 Å². The van der Waals surface area contributed by atoms with Crippen molar-refractivity contribution in [2.75, 3.05) is 32.6 Å². The first-order chi connectivity index (χ1) is 13.9. The molecule has 0 aromatic heterocycles. The number of ether oxygens (including phenoxy) is 1. The van der Waals surface area contributed by atoms with E-state index in [0.717, 1.165) is 44.0 Å². The number of carbonyl (C=O) groups is 1. The molecule has 1 atom stereocenters. The highest BCUT2D eigenvalue weighted by Gasteiger charge is 2.17. The Bertz CT molecular complexity index is 936. The van der Waals surface area contributed by atoms with Crippen molar-refractivity contribution in [3.8, 4) is 0 Å². The van der Waals surface area contributed by atoms with Gasteiger partial charge in [0.25, 0.3) is 5.91 Å². The van der Waals surface area contributed by atoms with Crippen LogP contribution in [0.25, 0.3) is 0 Å². The molecule has 1 aliphatic rings. The number of benzene rings is 2. The number of hydrogen-bond acceptors (Lipinski definition) is 5. The van der Waals surface area contributed by atoms with Gasteiger partial charge in [0.1, 0.15) is 0 Å². The van der Waals surface area contributed by atoms with Gasteiger partial charge in [-0.1, -0.05) is 31.2 Å². The molecule has 1 heterocycles. The van der Waals surface area contributed by atoms with E-state index in [1.54, 1.807) is 24.3 Å². The van der Waals surface area contributed by atoms with Gasteiger partial charge in [-0.25, -0.2) is 8.42 Å². The van der Waals surface area contributed by atoms with Crippen molar-refractivity contribution < 1.29 is 17.9 Å². The Hall–Kier alpha value is -2.22. The second-order valence-electron chi connectivity index (χ2n) is 7.36. The van der Waals surface area contributed by atoms with Gasteiger partial charge in [0, 0.05) is 31.5 Å². The van der Waals surface area contributed by atoms with Gasteiger partial charge >= 0.3 is 0 Å². The number of sulfone groups is 1. The largest absolute Gasteiger partial charge is 0.379 e. The smallest absolute Gasteiger partial charge is 0.251 e. The molecule has 6 nitrogen and oxygen atoms in total. The van der Waals surface area contributed by atoms with Gasteiger partial charge in [0.2, 0.25) is 0 Å². The third kappa shape index (κ3) is 5.88. The molecule has 1 fully saturated rings. The highest BCUT2D eigenvalue weighted by molar-refractivity contribution is 7.90. The van der Waals surface area contributed by atoms with Crippen LogP contribution in [0.4, 0.5) is 0 Å². The number of nitrogens with one attached hydrogen (secondary N) is 1. The van der Waals surface area contributed by atoms with Crippen LogP contribution in [0.15, 0.2) is 53.4 Å². The summed E-state index contributed by atoms with van der Waals surface area (Å²) in [7, 11) is -3.23. The van der Waals surface area contributed by atoms with Crippen LogP contribution in [-0.2, 0) is 21.1 Å². The number of nitrogens with zero attached hydrogens (tertiary/aromatic N) is 1. The van der Waals surface area contributed by atoms with Gasteiger partial charge in [-0.05, 0) is 41.8 Å². The second kappa shape index (κ2) is 9.52. The number of hydrogen-bond donors (Lipinski definition) is 1. The summed E-state index contributed by atoms with van der Waals surface area (Å²) in [6, 6.07) is 14.2. The van der Waals surface area contributed by atoms with E-state index in [-0.39, 0.29) is 16.8 Å². The number of amides is 1. The van der Waals surface area contributed by atoms with E-state index in [1.165, 1.54) is 6.26 Å². The Morgan fingerprint density at radius 3 is 2.45 bits per heavy atom. The summed E-state index contributed by atoms with van der Waals surface area (Å²) in [6.07, 6.45) is 1.89. The Balaban J connectivity index is 1.68. The molecule has 7 heteroatoms. The lowest BCUT2D eigenvalue weighted by molar-refractivity contribution is 0.0342. The molecule has 0 bridgehead atoms. The second-order valence-corrected chi connectivity index (χ2v) is 9.38. The summed E-state index contributed by atoms with van der Waals surface area (Å²) >= 11 is 0. The van der Waals surface area contributed by atoms with Crippen LogP contribution in [-0.4, -0.2) is 51.8 Å². The van der Waals surface area contributed by atoms with Crippen LogP contribution in [0.5, 0.6) is 0 Å². The average Bonchev–Trinajstić information content (AvgIpc) is 2.72. The van der Waals surface area contributed by atoms with Gasteiger partial charge in [0.05, 0.1) is 24.2 Å². The van der Waals surface area contributed by atoms with Crippen molar-refractivity contribution in [2.45, 2.75) is 30.8 Å². The van der Waals surface area contributed by atoms with Crippen LogP contribution >= 0.6 is 0 Å². The van der Waals surface area contributed by atoms with E-state index in [0.29, 0.717) is 12.0 Å². The molecule has 2 aromatic rings. The molecular weight excluding hydrogens is 388 g/mol. The molecule has 156 valence electrons. The van der Waals surface area contributed by atoms with Gasteiger partial charge in [-0.15, -0.1) is 0 Å². The van der Waals surface area contributed by atoms with Crippen molar-refractivity contribution in [1.82, 2.24) is 10.2 Å². The Kier molecular flexibility index (Phi) is 7.05. The molecule has 0 unspecified atom stereocenters. The van der Waals surface area contributed by atoms with E-state index in [2.05, 4.69) is 10.2 Å². The molecule has 2 aromatic carbocycles. The maximum atomic E-state index is 12.8. The maximum Gasteiger partial charge on any atom is 0.251 e. The minimum absolute atomic E-state index is 0.132. The van der Waals surface area contributed by atoms with E-state index < -0.39 is 9.84 Å². The fourth-order valence-corrected chi connectivity index (χ4v) is 4.07. The van der Waals surface area contributed by atoms with Crippen LogP contribution < -0.4 is 5.32 Å². The van der Waals surface area contributed by atoms with Crippen molar-refractivity contribution in [3.05, 3.63) is 65.2 Å². The first-order valence-corrected chi connectivity index (χ1v) is 11.8. The van der Waals surface area contributed by atoms with E-state index >= 15 is 0 Å². The lowest BCUT2D eigenvalue weighted by atomic mass is 10.0. The lowest BCUT2D eigenvalue weighted by Gasteiger charge is -2.26. The predicted molar refractivity (Wildman–Crippen MR) is 113 cm³/mol. The average molecular weight is 417 g/mol. The molecular formula is C22H28N2O4S. The molecule has 1 amide bonds. The topological polar surface area (TPSA) is 75.7 Å². The normalized spacial score (nSPS) is 16.3. The van der Waals surface area contributed by atoms with Crippen LogP contribution in [0.1, 0.15) is 40.9 Å². The lowest BCUT2D eigenvalue weighted by Crippen LogP contribution is -2.35. The minimum Gasteiger partial charge on any atom is -0.379 e. The highest BCUT2D eigenvalue weighted by Crippen LogP contribution is 2.20. The first-order valence-electron chi connectivity index (χ1n) is 9.86. The molecule has 3 rings (SSSR count). The Morgan fingerprint density at radius 1 is 1.14 bits per heavy atom. The zero-order valence-corrected chi connectivity index (χ0v) is 17.7. The summed E-state index contributed by atoms with van der Waals surface area (Å²) in [5.74, 6) is -0.132. The molecule has 29 heavy (non-hydrogen) atoms. The van der Waals surface area contributed by atoms with Crippen molar-refractivity contribution in [2.24, 2.45) is 0 Å². The molecule has 1 saturated heterocycles. The Morgan fingerprint density at radius 2 is 1.83 bits per heavy atom. The monoisotopic (exact) mass is 416 g/mol. The van der Waals surface area contributed by atoms with E-state index in [4.69, 9.17) is 4.74 Å². The molecule has 1 aliphatic heterocycles. The van der Waals surface area contributed by atoms with Crippen LogP contribution in [0.3, 0.4) is 0 Å². The van der Waals surface area contributed by atoms with Gasteiger partial charge in [-0.3, -0.25) is 9.69 Å². The minimum atomic E-state index is -3.23. The molecule has 0 aliphatic carbocycles. The zero-order valence-electron chi connectivity index (χ0n) is 16.9. The fraction of sp³-hybridized carbons (Fsp3) is 0.409. The SMILES string of the molecule is CC[C@H](NC(=O)c1cccc(CN2CCOCC2)c1)c1ccc(S(C)(=O)=O)cc1. The van der Waals surface area contributed by atoms with E-state index in [9.17, 15) is 13.2 Å². The summed E-state index contributed by atoms with van der Waals surface area (Å²) < 4.78 is 28.7. The molecule has 1 N–H and O–H groups in total. The third-order valence-corrected chi connectivity index (χ3v) is 6.25. The van der Waals surface area contributed by atoms with Gasteiger partial charge in [-0.2, -0.15) is 0 Å². The molecule has 0 spiro atoms. The number of carbonyl (C=O) groups excluding carboxylic acids is 1. The van der Waals surface area contributed by atoms with Gasteiger partial charge < -0.3 is 10.1 Å². The first kappa shape index (κ1) is 21.5. The van der Waals surface area contributed by atoms with Crippen molar-refractivity contribution in [1.29, 1.82) is 0 Å². The number of rotatable bonds is 7.